The number of allylic oxidation sites excluding steroid dienone is 1. The van der Waals surface area contributed by atoms with Crippen molar-refractivity contribution in [3.63, 3.8) is 0 Å². The van der Waals surface area contributed by atoms with Gasteiger partial charge >= 0.3 is 11.9 Å². The molecule has 0 saturated heterocycles. The lowest BCUT2D eigenvalue weighted by Gasteiger charge is -2.36. The first-order valence-corrected chi connectivity index (χ1v) is 12.3. The summed E-state index contributed by atoms with van der Waals surface area (Å²) in [7, 11) is 2.41. The highest BCUT2D eigenvalue weighted by Gasteiger charge is 2.43. The number of aryl methyl sites for hydroxylation is 2. The van der Waals surface area contributed by atoms with E-state index in [9.17, 15) is 14.9 Å². The van der Waals surface area contributed by atoms with Gasteiger partial charge in [0, 0.05) is 18.3 Å². The number of hydrogen-bond donors (Lipinski definition) is 1. The molecule has 0 radical (unpaired) electrons. The first kappa shape index (κ1) is 27.0. The number of nitrogens with two attached hydrogens (primary N) is 1. The number of aromatic nitrogens is 2. The van der Waals surface area contributed by atoms with E-state index < -0.39 is 17.9 Å². The lowest BCUT2D eigenvalue weighted by molar-refractivity contribution is -0.139. The minimum absolute atomic E-state index is 0.0366. The van der Waals surface area contributed by atoms with Crippen LogP contribution in [0.25, 0.3) is 0 Å². The molecule has 0 bridgehead atoms. The summed E-state index contributed by atoms with van der Waals surface area (Å²) in [6.45, 7) is 4.80. The molecule has 0 fully saturated rings. The summed E-state index contributed by atoms with van der Waals surface area (Å²) < 4.78 is 18.2. The number of hydrogen-bond acceptors (Lipinski definition) is 9. The minimum atomic E-state index is -0.954. The van der Waals surface area contributed by atoms with Crippen molar-refractivity contribution in [3.8, 4) is 11.8 Å². The van der Waals surface area contributed by atoms with E-state index in [1.807, 2.05) is 24.7 Å². The zero-order valence-corrected chi connectivity index (χ0v) is 22.2. The van der Waals surface area contributed by atoms with Crippen molar-refractivity contribution in [2.75, 3.05) is 19.1 Å². The molecule has 200 valence electrons. The van der Waals surface area contributed by atoms with Gasteiger partial charge in [0.2, 0.25) is 0 Å². The maximum Gasteiger partial charge on any atom is 0.355 e. The molecule has 0 amide bonds. The van der Waals surface area contributed by atoms with Crippen molar-refractivity contribution in [2.45, 2.75) is 32.9 Å². The highest BCUT2D eigenvalue weighted by atomic mass is 16.5. The molecule has 2 heterocycles. The third-order valence-electron chi connectivity index (χ3n) is 6.47. The number of anilines is 1. The van der Waals surface area contributed by atoms with Gasteiger partial charge in [0.05, 0.1) is 48.7 Å². The number of methoxy groups -OCH3 is 2. The standard InChI is InChI=1S/C29H29N5O5/c1-5-33-16-20(18(2)32-33)17-39-23-14-10-9-13-22(23)34-26(29(36)38-4)25(28(35)37-3)24(21(15-30)27(34)31)19-11-7-6-8-12-19/h6-14,16,24H,5,17,31H2,1-4H3. The van der Waals surface area contributed by atoms with Crippen LogP contribution in [0, 0.1) is 18.3 Å². The summed E-state index contributed by atoms with van der Waals surface area (Å²) in [5, 5.41) is 14.7. The smallest absolute Gasteiger partial charge is 0.355 e. The summed E-state index contributed by atoms with van der Waals surface area (Å²) in [4.78, 5) is 27.9. The molecule has 1 atom stereocenters. The Morgan fingerprint density at radius 2 is 1.72 bits per heavy atom. The van der Waals surface area contributed by atoms with E-state index >= 15 is 0 Å². The second kappa shape index (κ2) is 11.6. The maximum atomic E-state index is 13.3. The van der Waals surface area contributed by atoms with Crippen molar-refractivity contribution in [1.29, 1.82) is 5.26 Å². The van der Waals surface area contributed by atoms with Gasteiger partial charge in [0.25, 0.3) is 0 Å². The summed E-state index contributed by atoms with van der Waals surface area (Å²) in [5.74, 6) is -2.25. The van der Waals surface area contributed by atoms with Gasteiger partial charge < -0.3 is 19.9 Å². The van der Waals surface area contributed by atoms with Crippen LogP contribution in [0.2, 0.25) is 0 Å². The summed E-state index contributed by atoms with van der Waals surface area (Å²) in [5.41, 5.74) is 9.10. The van der Waals surface area contributed by atoms with Crippen molar-refractivity contribution >= 4 is 17.6 Å². The molecule has 0 spiro atoms. The van der Waals surface area contributed by atoms with Crippen LogP contribution in [-0.2, 0) is 32.2 Å². The number of ether oxygens (including phenoxy) is 3. The van der Waals surface area contributed by atoms with Crippen LogP contribution in [0.5, 0.6) is 5.75 Å². The Morgan fingerprint density at radius 1 is 1.05 bits per heavy atom. The number of para-hydroxylation sites is 2. The molecule has 2 N–H and O–H groups in total. The Kier molecular flexibility index (Phi) is 8.01. The largest absolute Gasteiger partial charge is 0.487 e. The third-order valence-corrected chi connectivity index (χ3v) is 6.47. The normalized spacial score (nSPS) is 15.2. The van der Waals surface area contributed by atoms with E-state index in [4.69, 9.17) is 19.9 Å². The van der Waals surface area contributed by atoms with Gasteiger partial charge in [0.15, 0.2) is 0 Å². The molecule has 0 aliphatic carbocycles. The fraction of sp³-hybridized carbons (Fsp3) is 0.241. The first-order chi connectivity index (χ1) is 18.9. The number of carbonyl (C=O) groups is 2. The van der Waals surface area contributed by atoms with E-state index in [1.165, 1.54) is 19.1 Å². The summed E-state index contributed by atoms with van der Waals surface area (Å²) >= 11 is 0. The quantitative estimate of drug-likeness (QED) is 0.436. The van der Waals surface area contributed by atoms with Crippen molar-refractivity contribution < 1.29 is 23.8 Å². The Labute approximate surface area is 226 Å². The molecule has 39 heavy (non-hydrogen) atoms. The van der Waals surface area contributed by atoms with Gasteiger partial charge in [-0.05, 0) is 31.5 Å². The predicted octanol–water partition coefficient (Wildman–Crippen LogP) is 3.69. The maximum absolute atomic E-state index is 13.3. The van der Waals surface area contributed by atoms with Crippen LogP contribution in [0.15, 0.2) is 83.5 Å². The predicted molar refractivity (Wildman–Crippen MR) is 143 cm³/mol. The number of nitrogens with zero attached hydrogens (tertiary/aromatic N) is 4. The molecule has 2 aromatic carbocycles. The third kappa shape index (κ3) is 5.07. The highest BCUT2D eigenvalue weighted by molar-refractivity contribution is 6.06. The number of carbonyl (C=O) groups excluding carboxylic acids is 2. The van der Waals surface area contributed by atoms with E-state index in [1.54, 1.807) is 54.6 Å². The Bertz CT molecular complexity index is 1500. The van der Waals surface area contributed by atoms with E-state index in [0.29, 0.717) is 17.0 Å². The van der Waals surface area contributed by atoms with Crippen LogP contribution >= 0.6 is 0 Å². The average Bonchev–Trinajstić information content (AvgIpc) is 3.34. The monoisotopic (exact) mass is 527 g/mol. The van der Waals surface area contributed by atoms with Crippen LogP contribution in [0.3, 0.4) is 0 Å². The zero-order chi connectivity index (χ0) is 28.1. The summed E-state index contributed by atoms with van der Waals surface area (Å²) in [6.07, 6.45) is 1.90. The topological polar surface area (TPSA) is 133 Å². The second-order valence-electron chi connectivity index (χ2n) is 8.69. The molecule has 10 nitrogen and oxygen atoms in total. The number of nitriles is 1. The van der Waals surface area contributed by atoms with Crippen LogP contribution in [0.1, 0.15) is 29.7 Å². The van der Waals surface area contributed by atoms with Crippen LogP contribution in [0.4, 0.5) is 5.69 Å². The number of benzene rings is 2. The molecule has 3 aromatic rings. The molecule has 10 heteroatoms. The fourth-order valence-electron chi connectivity index (χ4n) is 4.55. The zero-order valence-electron chi connectivity index (χ0n) is 22.2. The van der Waals surface area contributed by atoms with Gasteiger partial charge in [-0.15, -0.1) is 0 Å². The Morgan fingerprint density at radius 3 is 2.33 bits per heavy atom. The Hall–Kier alpha value is -5.04. The average molecular weight is 528 g/mol. The fourth-order valence-corrected chi connectivity index (χ4v) is 4.55. The van der Waals surface area contributed by atoms with E-state index in [2.05, 4.69) is 11.2 Å². The van der Waals surface area contributed by atoms with Crippen molar-refractivity contribution in [2.24, 2.45) is 5.73 Å². The molecule has 1 aromatic heterocycles. The lowest BCUT2D eigenvalue weighted by atomic mass is 9.81. The summed E-state index contributed by atoms with van der Waals surface area (Å²) in [6, 6.07) is 17.9. The second-order valence-corrected chi connectivity index (χ2v) is 8.69. The molecule has 0 saturated carbocycles. The van der Waals surface area contributed by atoms with E-state index in [-0.39, 0.29) is 29.3 Å². The highest BCUT2D eigenvalue weighted by Crippen LogP contribution is 2.45. The van der Waals surface area contributed by atoms with Crippen molar-refractivity contribution in [1.82, 2.24) is 9.78 Å². The van der Waals surface area contributed by atoms with Gasteiger partial charge in [-0.1, -0.05) is 42.5 Å². The SMILES string of the molecule is CCn1cc(COc2ccccc2N2C(N)=C(C#N)C(c3ccccc3)C(C(=O)OC)=C2C(=O)OC)c(C)n1. The number of esters is 2. The molecular formula is C29H29N5O5. The number of rotatable bonds is 8. The van der Waals surface area contributed by atoms with Gasteiger partial charge in [-0.25, -0.2) is 9.59 Å². The van der Waals surface area contributed by atoms with Gasteiger partial charge in [0.1, 0.15) is 23.9 Å². The molecule has 4 rings (SSSR count). The molecule has 1 aliphatic rings. The molecule has 1 unspecified atom stereocenters. The van der Waals surface area contributed by atoms with Crippen LogP contribution < -0.4 is 15.4 Å². The van der Waals surface area contributed by atoms with Gasteiger partial charge in [-0.2, -0.15) is 10.4 Å². The lowest BCUT2D eigenvalue weighted by Crippen LogP contribution is -2.41. The van der Waals surface area contributed by atoms with Crippen LogP contribution in [-0.4, -0.2) is 35.9 Å². The van der Waals surface area contributed by atoms with E-state index in [0.717, 1.165) is 17.8 Å². The first-order valence-electron chi connectivity index (χ1n) is 12.3. The minimum Gasteiger partial charge on any atom is -0.487 e. The molecule has 1 aliphatic heterocycles. The molecular weight excluding hydrogens is 498 g/mol. The Balaban J connectivity index is 1.91. The van der Waals surface area contributed by atoms with Gasteiger partial charge in [-0.3, -0.25) is 9.58 Å². The van der Waals surface area contributed by atoms with Crippen molar-refractivity contribution in [3.05, 3.63) is 100 Å².